The molecule has 1 aromatic heterocycles. The molecule has 2 N–H and O–H groups in total. The number of rotatable bonds is 6. The summed E-state index contributed by atoms with van der Waals surface area (Å²) in [7, 11) is 0. The standard InChI is InChI=1S/C21H26N2O4S/c1-6-15-12-16(19(25)27-7-2)18(28-15)23-17(24)13-9-8-10-14(11-13)22-20(26)21(3,4)5/h8-12H,6-7H2,1-5H3,(H,22,26)(H,23,24). The molecule has 0 aliphatic heterocycles. The number of carbonyl (C=O) groups is 3. The zero-order valence-corrected chi connectivity index (χ0v) is 17.7. The number of amides is 2. The van der Waals surface area contributed by atoms with Gasteiger partial charge in [-0.1, -0.05) is 33.8 Å². The lowest BCUT2D eigenvalue weighted by Crippen LogP contribution is -2.27. The quantitative estimate of drug-likeness (QED) is 0.685. The second kappa shape index (κ2) is 9.01. The lowest BCUT2D eigenvalue weighted by molar-refractivity contribution is -0.123. The van der Waals surface area contributed by atoms with Crippen LogP contribution < -0.4 is 10.6 Å². The van der Waals surface area contributed by atoms with Crippen LogP contribution in [-0.2, 0) is 16.0 Å². The highest BCUT2D eigenvalue weighted by Gasteiger charge is 2.22. The summed E-state index contributed by atoms with van der Waals surface area (Å²) in [6.45, 7) is 9.43. The third kappa shape index (κ3) is 5.42. The highest BCUT2D eigenvalue weighted by Crippen LogP contribution is 2.30. The maximum Gasteiger partial charge on any atom is 0.341 e. The molecule has 0 saturated carbocycles. The van der Waals surface area contributed by atoms with Gasteiger partial charge in [0, 0.05) is 21.5 Å². The summed E-state index contributed by atoms with van der Waals surface area (Å²) < 4.78 is 5.08. The summed E-state index contributed by atoms with van der Waals surface area (Å²) in [6, 6.07) is 8.44. The van der Waals surface area contributed by atoms with Crippen molar-refractivity contribution < 1.29 is 19.1 Å². The summed E-state index contributed by atoms with van der Waals surface area (Å²) in [5.41, 5.74) is 0.737. The first kappa shape index (κ1) is 21.6. The van der Waals surface area contributed by atoms with Crippen LogP contribution in [0.3, 0.4) is 0 Å². The lowest BCUT2D eigenvalue weighted by atomic mass is 9.95. The van der Waals surface area contributed by atoms with E-state index in [1.807, 2.05) is 27.7 Å². The average Bonchev–Trinajstić information content (AvgIpc) is 3.04. The average molecular weight is 403 g/mol. The van der Waals surface area contributed by atoms with Crippen LogP contribution in [0, 0.1) is 5.41 Å². The van der Waals surface area contributed by atoms with Crippen molar-refractivity contribution in [2.75, 3.05) is 17.2 Å². The van der Waals surface area contributed by atoms with Gasteiger partial charge in [0.2, 0.25) is 5.91 Å². The molecule has 0 fully saturated rings. The van der Waals surface area contributed by atoms with Gasteiger partial charge in [-0.2, -0.15) is 0 Å². The maximum absolute atomic E-state index is 12.7. The van der Waals surface area contributed by atoms with E-state index in [9.17, 15) is 14.4 Å². The number of ether oxygens (including phenoxy) is 1. The molecule has 0 unspecified atom stereocenters. The van der Waals surface area contributed by atoms with E-state index >= 15 is 0 Å². The number of anilines is 2. The molecule has 0 radical (unpaired) electrons. The maximum atomic E-state index is 12.7. The van der Waals surface area contributed by atoms with Gasteiger partial charge in [-0.25, -0.2) is 4.79 Å². The SMILES string of the molecule is CCOC(=O)c1cc(CC)sc1NC(=O)c1cccc(NC(=O)C(C)(C)C)c1. The van der Waals surface area contributed by atoms with E-state index in [0.29, 0.717) is 21.8 Å². The molecule has 1 aromatic carbocycles. The molecule has 7 heteroatoms. The number of nitrogens with one attached hydrogen (secondary N) is 2. The Morgan fingerprint density at radius 1 is 1.07 bits per heavy atom. The molecule has 2 aromatic rings. The first-order valence-electron chi connectivity index (χ1n) is 9.18. The van der Waals surface area contributed by atoms with E-state index in [-0.39, 0.29) is 18.4 Å². The number of hydrogen-bond acceptors (Lipinski definition) is 5. The third-order valence-corrected chi connectivity index (χ3v) is 5.11. The van der Waals surface area contributed by atoms with Gasteiger partial charge in [-0.05, 0) is 37.6 Å². The van der Waals surface area contributed by atoms with Gasteiger partial charge in [-0.3, -0.25) is 9.59 Å². The van der Waals surface area contributed by atoms with Gasteiger partial charge >= 0.3 is 5.97 Å². The van der Waals surface area contributed by atoms with Crippen molar-refractivity contribution in [3.05, 3.63) is 46.3 Å². The third-order valence-electron chi connectivity index (χ3n) is 3.92. The number of aryl methyl sites for hydroxylation is 1. The topological polar surface area (TPSA) is 84.5 Å². The number of thiophene rings is 1. The zero-order valence-electron chi connectivity index (χ0n) is 16.8. The first-order chi connectivity index (χ1) is 13.2. The Morgan fingerprint density at radius 3 is 2.39 bits per heavy atom. The Bertz CT molecular complexity index is 881. The minimum atomic E-state index is -0.541. The van der Waals surface area contributed by atoms with Gasteiger partial charge in [0.05, 0.1) is 12.2 Å². The van der Waals surface area contributed by atoms with Crippen LogP contribution in [0.1, 0.15) is 60.2 Å². The summed E-state index contributed by atoms with van der Waals surface area (Å²) >= 11 is 1.35. The fourth-order valence-electron chi connectivity index (χ4n) is 2.30. The monoisotopic (exact) mass is 402 g/mol. The lowest BCUT2D eigenvalue weighted by Gasteiger charge is -2.18. The van der Waals surface area contributed by atoms with Crippen LogP contribution in [0.25, 0.3) is 0 Å². The van der Waals surface area contributed by atoms with Crippen LogP contribution in [0.5, 0.6) is 0 Å². The molecular formula is C21H26N2O4S. The smallest absolute Gasteiger partial charge is 0.341 e. The number of hydrogen-bond donors (Lipinski definition) is 2. The summed E-state index contributed by atoms with van der Waals surface area (Å²) in [4.78, 5) is 38.0. The fourth-order valence-corrected chi connectivity index (χ4v) is 3.28. The molecule has 2 amide bonds. The van der Waals surface area contributed by atoms with Crippen LogP contribution >= 0.6 is 11.3 Å². The molecule has 0 saturated heterocycles. The normalized spacial score (nSPS) is 11.0. The summed E-state index contributed by atoms with van der Waals surface area (Å²) in [6.07, 6.45) is 0.751. The van der Waals surface area contributed by atoms with Crippen molar-refractivity contribution in [1.82, 2.24) is 0 Å². The van der Waals surface area contributed by atoms with Gasteiger partial charge in [0.25, 0.3) is 5.91 Å². The molecule has 28 heavy (non-hydrogen) atoms. The molecule has 2 rings (SSSR count). The highest BCUT2D eigenvalue weighted by atomic mass is 32.1. The molecule has 1 heterocycles. The van der Waals surface area contributed by atoms with E-state index < -0.39 is 11.4 Å². The Morgan fingerprint density at radius 2 is 1.79 bits per heavy atom. The second-order valence-corrected chi connectivity index (χ2v) is 8.41. The molecule has 6 nitrogen and oxygen atoms in total. The van der Waals surface area contributed by atoms with Crippen molar-refractivity contribution >= 4 is 39.8 Å². The van der Waals surface area contributed by atoms with Gasteiger partial charge in [-0.15, -0.1) is 11.3 Å². The predicted octanol–water partition coefficient (Wildman–Crippen LogP) is 4.72. The zero-order chi connectivity index (χ0) is 20.9. The summed E-state index contributed by atoms with van der Waals surface area (Å²) in [5, 5.41) is 6.07. The first-order valence-corrected chi connectivity index (χ1v) is 10.00. The Kier molecular flexibility index (Phi) is 6.96. The molecule has 0 aliphatic rings. The minimum absolute atomic E-state index is 0.138. The van der Waals surface area contributed by atoms with E-state index in [4.69, 9.17) is 4.74 Å². The van der Waals surface area contributed by atoms with E-state index in [0.717, 1.165) is 11.3 Å². The van der Waals surface area contributed by atoms with E-state index in [1.165, 1.54) is 11.3 Å². The van der Waals surface area contributed by atoms with Crippen molar-refractivity contribution in [2.45, 2.75) is 41.0 Å². The fraction of sp³-hybridized carbons (Fsp3) is 0.381. The largest absolute Gasteiger partial charge is 0.462 e. The molecule has 0 atom stereocenters. The number of esters is 1. The number of benzene rings is 1. The van der Waals surface area contributed by atoms with E-state index in [2.05, 4.69) is 10.6 Å². The highest BCUT2D eigenvalue weighted by molar-refractivity contribution is 7.16. The van der Waals surface area contributed by atoms with Crippen molar-refractivity contribution in [3.63, 3.8) is 0 Å². The predicted molar refractivity (Wildman–Crippen MR) is 112 cm³/mol. The molecule has 0 spiro atoms. The van der Waals surface area contributed by atoms with Crippen LogP contribution in [0.4, 0.5) is 10.7 Å². The molecule has 150 valence electrons. The molecular weight excluding hydrogens is 376 g/mol. The Hall–Kier alpha value is -2.67. The Balaban J connectivity index is 2.22. The minimum Gasteiger partial charge on any atom is -0.462 e. The van der Waals surface area contributed by atoms with Crippen molar-refractivity contribution in [1.29, 1.82) is 0 Å². The van der Waals surface area contributed by atoms with Crippen LogP contribution in [0.15, 0.2) is 30.3 Å². The Labute approximate surface area is 169 Å². The van der Waals surface area contributed by atoms with Gasteiger partial charge < -0.3 is 15.4 Å². The van der Waals surface area contributed by atoms with Crippen LogP contribution in [0.2, 0.25) is 0 Å². The number of carbonyl (C=O) groups excluding carboxylic acids is 3. The van der Waals surface area contributed by atoms with E-state index in [1.54, 1.807) is 37.3 Å². The van der Waals surface area contributed by atoms with Gasteiger partial charge in [0.1, 0.15) is 5.00 Å². The summed E-state index contributed by atoms with van der Waals surface area (Å²) in [5.74, 6) is -0.956. The molecule has 0 bridgehead atoms. The second-order valence-electron chi connectivity index (χ2n) is 7.27. The van der Waals surface area contributed by atoms with Crippen LogP contribution in [-0.4, -0.2) is 24.4 Å². The molecule has 0 aliphatic carbocycles. The van der Waals surface area contributed by atoms with Gasteiger partial charge in [0.15, 0.2) is 0 Å². The van der Waals surface area contributed by atoms with Crippen molar-refractivity contribution in [2.24, 2.45) is 5.41 Å². The van der Waals surface area contributed by atoms with Crippen molar-refractivity contribution in [3.8, 4) is 0 Å².